The number of hydrogen-bond donors (Lipinski definition) is 2. The molecule has 8 heterocycles. The quantitative estimate of drug-likeness (QED) is 0.143. The molecule has 3 aliphatic heterocycles. The fourth-order valence-corrected chi connectivity index (χ4v) is 7.28. The Bertz CT molecular complexity index is 2410. The van der Waals surface area contributed by atoms with E-state index in [0.29, 0.717) is 48.4 Å². The molecule has 5 aromatic heterocycles. The first-order valence-electron chi connectivity index (χ1n) is 19.3. The number of carbonyl (C=O) groups is 3. The van der Waals surface area contributed by atoms with Crippen LogP contribution >= 0.6 is 22.6 Å². The van der Waals surface area contributed by atoms with Gasteiger partial charge in [0.1, 0.15) is 26.2 Å². The molecule has 5 aromatic rings. The van der Waals surface area contributed by atoms with E-state index in [0.717, 1.165) is 52.4 Å². The van der Waals surface area contributed by atoms with Gasteiger partial charge in [-0.25, -0.2) is 24.4 Å². The van der Waals surface area contributed by atoms with Crippen molar-refractivity contribution in [3.63, 3.8) is 0 Å². The number of aromatic nitrogens is 6. The summed E-state index contributed by atoms with van der Waals surface area (Å²) in [7, 11) is -1.42. The molecule has 3 aliphatic rings. The van der Waals surface area contributed by atoms with Gasteiger partial charge in [0, 0.05) is 67.8 Å². The van der Waals surface area contributed by atoms with Crippen molar-refractivity contribution in [1.29, 1.82) is 0 Å². The van der Waals surface area contributed by atoms with Crippen molar-refractivity contribution in [3.8, 4) is 0 Å². The zero-order valence-corrected chi connectivity index (χ0v) is 36.4. The molecule has 2 N–H and O–H groups in total. The fraction of sp³-hybridized carbons (Fsp3) is 0.425. The number of aliphatic imine (C=N–C) groups is 1. The Balaban J connectivity index is 0.000000157. The molecule has 19 heteroatoms. The number of pyridine rings is 2. The summed E-state index contributed by atoms with van der Waals surface area (Å²) in [5, 5.41) is 21.9. The zero-order chi connectivity index (χ0) is 42.6. The Hall–Kier alpha value is -5.28. The summed E-state index contributed by atoms with van der Waals surface area (Å²) in [6.07, 6.45) is 11.1. The van der Waals surface area contributed by atoms with Gasteiger partial charge in [0.2, 0.25) is 0 Å². The second kappa shape index (κ2) is 17.9. The highest BCUT2D eigenvalue weighted by atomic mass is 127. The molecule has 0 unspecified atom stereocenters. The van der Waals surface area contributed by atoms with Gasteiger partial charge in [-0.2, -0.15) is 9.78 Å². The number of fused-ring (bicyclic) bond motifs is 3. The van der Waals surface area contributed by atoms with Gasteiger partial charge in [-0.15, -0.1) is 0 Å². The van der Waals surface area contributed by atoms with E-state index in [1.807, 2.05) is 70.5 Å². The average molecular weight is 922 g/mol. The highest BCUT2D eigenvalue weighted by molar-refractivity contribution is 14.1. The molecular formula is C40H49BIN9O8. The van der Waals surface area contributed by atoms with Crippen molar-refractivity contribution < 1.29 is 38.6 Å². The molecule has 312 valence electrons. The second-order valence-corrected chi connectivity index (χ2v) is 17.0. The van der Waals surface area contributed by atoms with Crippen LogP contribution in [-0.4, -0.2) is 123 Å². The first-order chi connectivity index (χ1) is 27.9. The fourth-order valence-electron chi connectivity index (χ4n) is 6.58. The number of carbonyl (C=O) groups excluding carboxylic acids is 3. The lowest BCUT2D eigenvalue weighted by molar-refractivity contribution is 0.0220. The van der Waals surface area contributed by atoms with Crippen molar-refractivity contribution in [3.05, 3.63) is 93.1 Å². The molecule has 59 heavy (non-hydrogen) atoms. The molecule has 0 aromatic carbocycles. The summed E-state index contributed by atoms with van der Waals surface area (Å²) in [5.74, 6) is 0. The van der Waals surface area contributed by atoms with Crippen LogP contribution in [0.4, 0.5) is 14.4 Å². The Morgan fingerprint density at radius 3 is 2.02 bits per heavy atom. The second-order valence-electron chi connectivity index (χ2n) is 16.0. The Morgan fingerprint density at radius 2 is 1.41 bits per heavy atom. The van der Waals surface area contributed by atoms with Crippen molar-refractivity contribution >= 4 is 70.5 Å². The summed E-state index contributed by atoms with van der Waals surface area (Å²) in [6.45, 7) is 16.1. The van der Waals surface area contributed by atoms with Crippen molar-refractivity contribution in [2.75, 3.05) is 32.8 Å². The highest BCUT2D eigenvalue weighted by Crippen LogP contribution is 2.29. The maximum Gasteiger partial charge on any atom is 0.489 e. The summed E-state index contributed by atoms with van der Waals surface area (Å²) in [5.41, 5.74) is 7.38. The summed E-state index contributed by atoms with van der Waals surface area (Å²) >= 11 is 2.07. The van der Waals surface area contributed by atoms with Gasteiger partial charge < -0.3 is 42.9 Å². The van der Waals surface area contributed by atoms with E-state index in [4.69, 9.17) is 29.3 Å². The number of hydrogen-bond acceptors (Lipinski definition) is 12. The van der Waals surface area contributed by atoms with Crippen LogP contribution in [0.2, 0.25) is 0 Å². The predicted octanol–water partition coefficient (Wildman–Crippen LogP) is 4.87. The molecule has 0 aliphatic carbocycles. The van der Waals surface area contributed by atoms with Gasteiger partial charge >= 0.3 is 25.4 Å². The number of amides is 2. The third-order valence-corrected chi connectivity index (χ3v) is 10.2. The first-order valence-corrected chi connectivity index (χ1v) is 20.4. The lowest BCUT2D eigenvalue weighted by Gasteiger charge is -2.31. The van der Waals surface area contributed by atoms with Crippen LogP contribution in [0.1, 0.15) is 71.7 Å². The molecule has 0 atom stereocenters. The maximum atomic E-state index is 12.4. The Morgan fingerprint density at radius 1 is 0.814 bits per heavy atom. The molecule has 0 spiro atoms. The van der Waals surface area contributed by atoms with Gasteiger partial charge in [0.05, 0.1) is 37.6 Å². The van der Waals surface area contributed by atoms with Crippen LogP contribution in [0.3, 0.4) is 0 Å². The van der Waals surface area contributed by atoms with E-state index >= 15 is 0 Å². The maximum absolute atomic E-state index is 12.4. The largest absolute Gasteiger partial charge is 0.489 e. The van der Waals surface area contributed by atoms with Gasteiger partial charge in [-0.1, -0.05) is 6.07 Å². The average Bonchev–Trinajstić information content (AvgIpc) is 3.99. The molecule has 0 saturated heterocycles. The van der Waals surface area contributed by atoms with Gasteiger partial charge in [-0.05, 0) is 112 Å². The summed E-state index contributed by atoms with van der Waals surface area (Å²) in [4.78, 5) is 52.9. The lowest BCUT2D eigenvalue weighted by atomic mass is 9.82. The number of ether oxygens (including phenoxy) is 3. The summed E-state index contributed by atoms with van der Waals surface area (Å²) in [6, 6.07) is 7.40. The van der Waals surface area contributed by atoms with Crippen LogP contribution in [-0.2, 0) is 27.2 Å². The van der Waals surface area contributed by atoms with E-state index in [1.165, 1.54) is 10.3 Å². The van der Waals surface area contributed by atoms with E-state index < -0.39 is 24.4 Å². The molecule has 17 nitrogen and oxygen atoms in total. The third kappa shape index (κ3) is 10.7. The van der Waals surface area contributed by atoms with Crippen molar-refractivity contribution in [1.82, 2.24) is 38.3 Å². The minimum absolute atomic E-state index is 0.254. The molecule has 2 amide bonds. The topological polar surface area (TPSA) is 191 Å². The SMILES string of the molecule is CC(C)(C)OC(=O)N1CCC2=C(C1)C(c1ccc3nccn3c1)=NC2.CCOC(=O)n1nc(I)c2c1CCN(C(=O)OC(C)(C)C)C2.OB(O)c1ccc2nccn2c1. The summed E-state index contributed by atoms with van der Waals surface area (Å²) < 4.78 is 21.6. The van der Waals surface area contributed by atoms with E-state index in [-0.39, 0.29) is 12.2 Å². The molecular weight excluding hydrogens is 872 g/mol. The van der Waals surface area contributed by atoms with Gasteiger partial charge in [-0.3, -0.25) is 4.99 Å². The van der Waals surface area contributed by atoms with Crippen molar-refractivity contribution in [2.24, 2.45) is 4.99 Å². The van der Waals surface area contributed by atoms with Crippen LogP contribution in [0.25, 0.3) is 11.3 Å². The monoisotopic (exact) mass is 921 g/mol. The number of rotatable bonds is 3. The van der Waals surface area contributed by atoms with E-state index in [1.54, 1.807) is 58.0 Å². The smallest absolute Gasteiger partial charge is 0.448 e. The number of nitrogens with zero attached hydrogens (tertiary/aromatic N) is 9. The van der Waals surface area contributed by atoms with E-state index in [2.05, 4.69) is 37.7 Å². The van der Waals surface area contributed by atoms with Crippen LogP contribution in [0.5, 0.6) is 0 Å². The third-order valence-electron chi connectivity index (χ3n) is 9.30. The number of halogens is 1. The minimum atomic E-state index is -1.42. The zero-order valence-electron chi connectivity index (χ0n) is 34.3. The molecule has 0 bridgehead atoms. The standard InChI is InChI=1S/C19H22N4O2.C14H20IN3O4.C7H7BN2O2/c1-19(2,3)25-18(24)23-8-6-13-10-21-17(15(13)12-23)14-4-5-16-20-7-9-22(16)11-14;1-5-21-13(20)18-10-6-7-17(8-9(10)11(15)16-18)12(19)22-14(2,3)4;11-8(12)6-1-2-7-9-3-4-10(7)5-6/h4-5,7,9,11H,6,8,10,12H2,1-3H3;5-8H2,1-4H3;1-5,11-12H. The molecule has 0 radical (unpaired) electrons. The minimum Gasteiger partial charge on any atom is -0.448 e. The van der Waals surface area contributed by atoms with Crippen LogP contribution < -0.4 is 5.46 Å². The van der Waals surface area contributed by atoms with Crippen LogP contribution in [0.15, 0.2) is 77.6 Å². The molecule has 8 rings (SSSR count). The van der Waals surface area contributed by atoms with Gasteiger partial charge in [0.25, 0.3) is 0 Å². The predicted molar refractivity (Wildman–Crippen MR) is 229 cm³/mol. The lowest BCUT2D eigenvalue weighted by Crippen LogP contribution is -2.41. The number of imidazole rings is 2. The van der Waals surface area contributed by atoms with E-state index in [9.17, 15) is 14.4 Å². The Kier molecular flexibility index (Phi) is 13.2. The van der Waals surface area contributed by atoms with Crippen LogP contribution in [0, 0.1) is 3.70 Å². The molecule has 0 saturated carbocycles. The first kappa shape index (κ1) is 43.3. The van der Waals surface area contributed by atoms with Crippen molar-refractivity contribution in [2.45, 2.75) is 79.1 Å². The van der Waals surface area contributed by atoms with Gasteiger partial charge in [0.15, 0.2) is 0 Å². The normalized spacial score (nSPS) is 15.1. The molecule has 0 fully saturated rings. The Labute approximate surface area is 356 Å². The highest BCUT2D eigenvalue weighted by Gasteiger charge is 2.33.